The molecule has 146 valence electrons. The quantitative estimate of drug-likeness (QED) is 0.373. The van der Waals surface area contributed by atoms with E-state index in [1.807, 2.05) is 0 Å². The number of hydrogen-bond acceptors (Lipinski definition) is 4. The molecular formula is C18H31N5O2S. The Kier molecular flexibility index (Phi) is 7.86. The van der Waals surface area contributed by atoms with E-state index in [4.69, 9.17) is 5.14 Å². The predicted octanol–water partition coefficient (Wildman–Crippen LogP) is 1.12. The van der Waals surface area contributed by atoms with Crippen molar-refractivity contribution < 1.29 is 8.42 Å². The summed E-state index contributed by atoms with van der Waals surface area (Å²) in [6, 6.07) is 6.53. The molecule has 8 heteroatoms. The number of rotatable bonds is 7. The summed E-state index contributed by atoms with van der Waals surface area (Å²) in [6.45, 7) is 7.30. The van der Waals surface area contributed by atoms with Crippen LogP contribution in [0, 0.1) is 5.92 Å². The number of nitrogens with two attached hydrogens (primary N) is 1. The van der Waals surface area contributed by atoms with E-state index in [0.717, 1.165) is 37.0 Å². The van der Waals surface area contributed by atoms with E-state index >= 15 is 0 Å². The van der Waals surface area contributed by atoms with Gasteiger partial charge in [-0.1, -0.05) is 19.1 Å². The Morgan fingerprint density at radius 3 is 2.46 bits per heavy atom. The molecule has 1 heterocycles. The molecule has 0 spiro atoms. The highest BCUT2D eigenvalue weighted by molar-refractivity contribution is 7.89. The molecule has 1 fully saturated rings. The van der Waals surface area contributed by atoms with Gasteiger partial charge < -0.3 is 15.5 Å². The number of primary sulfonamides is 1. The predicted molar refractivity (Wildman–Crippen MR) is 105 cm³/mol. The Hall–Kier alpha value is -1.64. The third-order valence-electron chi connectivity index (χ3n) is 4.76. The molecule has 1 aliphatic rings. The molecule has 2 rings (SSSR count). The Balaban J connectivity index is 1.67. The van der Waals surface area contributed by atoms with Crippen molar-refractivity contribution in [3.8, 4) is 0 Å². The van der Waals surface area contributed by atoms with Crippen molar-refractivity contribution in [1.82, 2.24) is 15.5 Å². The van der Waals surface area contributed by atoms with Gasteiger partial charge in [0.05, 0.1) is 4.90 Å². The fourth-order valence-corrected chi connectivity index (χ4v) is 3.51. The number of benzene rings is 1. The minimum absolute atomic E-state index is 0.121. The lowest BCUT2D eigenvalue weighted by Gasteiger charge is -2.30. The van der Waals surface area contributed by atoms with Crippen molar-refractivity contribution in [2.75, 3.05) is 33.2 Å². The molecule has 1 saturated heterocycles. The Morgan fingerprint density at radius 1 is 1.23 bits per heavy atom. The van der Waals surface area contributed by atoms with Crippen molar-refractivity contribution in [3.05, 3.63) is 29.8 Å². The average Bonchev–Trinajstić information content (AvgIpc) is 2.62. The first-order valence-electron chi connectivity index (χ1n) is 9.17. The fraction of sp³-hybridized carbons (Fsp3) is 0.611. The first-order valence-corrected chi connectivity index (χ1v) is 10.7. The van der Waals surface area contributed by atoms with Gasteiger partial charge in [0.1, 0.15) is 0 Å². The number of nitrogens with one attached hydrogen (secondary N) is 2. The molecular weight excluding hydrogens is 350 g/mol. The van der Waals surface area contributed by atoms with E-state index in [9.17, 15) is 8.42 Å². The zero-order valence-corrected chi connectivity index (χ0v) is 16.6. The fourth-order valence-electron chi connectivity index (χ4n) is 3.00. The maximum absolute atomic E-state index is 11.3. The first kappa shape index (κ1) is 20.7. The van der Waals surface area contributed by atoms with Crippen LogP contribution in [0.15, 0.2) is 34.2 Å². The lowest BCUT2D eigenvalue weighted by Crippen LogP contribution is -2.39. The van der Waals surface area contributed by atoms with Gasteiger partial charge in [0.15, 0.2) is 5.96 Å². The van der Waals surface area contributed by atoms with Crippen LogP contribution in [-0.2, 0) is 16.6 Å². The van der Waals surface area contributed by atoms with Gasteiger partial charge >= 0.3 is 0 Å². The third kappa shape index (κ3) is 6.93. The Bertz CT molecular complexity index is 680. The molecule has 1 aromatic rings. The van der Waals surface area contributed by atoms with Gasteiger partial charge in [-0.3, -0.25) is 4.99 Å². The van der Waals surface area contributed by atoms with E-state index in [2.05, 4.69) is 27.4 Å². The van der Waals surface area contributed by atoms with Gasteiger partial charge in [-0.15, -0.1) is 0 Å². The standard InChI is InChI=1S/C18H31N5O2S/c1-15-8-12-23(13-9-15)11-3-10-21-18(20-2)22-14-16-4-6-17(7-5-16)26(19,24)25/h4-7,15H,3,8-14H2,1-2H3,(H2,19,24,25)(H2,20,21,22). The molecule has 0 atom stereocenters. The lowest BCUT2D eigenvalue weighted by molar-refractivity contribution is 0.191. The summed E-state index contributed by atoms with van der Waals surface area (Å²) >= 11 is 0. The van der Waals surface area contributed by atoms with Crippen LogP contribution in [0.2, 0.25) is 0 Å². The summed E-state index contributed by atoms with van der Waals surface area (Å²) in [5.74, 6) is 1.61. The number of sulfonamides is 1. The van der Waals surface area contributed by atoms with Crippen molar-refractivity contribution in [1.29, 1.82) is 0 Å². The van der Waals surface area contributed by atoms with Crippen LogP contribution in [0.25, 0.3) is 0 Å². The molecule has 1 aromatic carbocycles. The molecule has 0 aliphatic carbocycles. The van der Waals surface area contributed by atoms with Gasteiger partial charge in [-0.25, -0.2) is 13.6 Å². The van der Waals surface area contributed by atoms with E-state index in [0.29, 0.717) is 6.54 Å². The molecule has 0 radical (unpaired) electrons. The summed E-state index contributed by atoms with van der Waals surface area (Å²) in [7, 11) is -1.90. The zero-order valence-electron chi connectivity index (χ0n) is 15.7. The second kappa shape index (κ2) is 9.89. The topological polar surface area (TPSA) is 99.8 Å². The Morgan fingerprint density at radius 2 is 1.88 bits per heavy atom. The van der Waals surface area contributed by atoms with Crippen LogP contribution in [0.3, 0.4) is 0 Å². The van der Waals surface area contributed by atoms with Crippen LogP contribution in [-0.4, -0.2) is 52.5 Å². The minimum atomic E-state index is -3.64. The SMILES string of the molecule is CN=C(NCCCN1CCC(C)CC1)NCc1ccc(S(N)(=O)=O)cc1. The summed E-state index contributed by atoms with van der Waals surface area (Å²) in [4.78, 5) is 6.87. The van der Waals surface area contributed by atoms with Gasteiger partial charge in [0, 0.05) is 20.1 Å². The van der Waals surface area contributed by atoms with Crippen molar-refractivity contribution in [2.24, 2.45) is 16.0 Å². The third-order valence-corrected chi connectivity index (χ3v) is 5.68. The highest BCUT2D eigenvalue weighted by Gasteiger charge is 2.14. The van der Waals surface area contributed by atoms with Crippen LogP contribution in [0.5, 0.6) is 0 Å². The second-order valence-corrected chi connectivity index (χ2v) is 8.48. The van der Waals surface area contributed by atoms with Crippen molar-refractivity contribution >= 4 is 16.0 Å². The summed E-state index contributed by atoms with van der Waals surface area (Å²) in [5, 5.41) is 11.7. The number of aliphatic imine (C=N–C) groups is 1. The molecule has 0 bridgehead atoms. The number of likely N-dealkylation sites (tertiary alicyclic amines) is 1. The molecule has 0 aromatic heterocycles. The Labute approximate surface area is 157 Å². The maximum Gasteiger partial charge on any atom is 0.238 e. The summed E-state index contributed by atoms with van der Waals surface area (Å²) in [6.07, 6.45) is 3.69. The maximum atomic E-state index is 11.3. The first-order chi connectivity index (χ1) is 12.4. The van der Waals surface area contributed by atoms with Gasteiger partial charge in [0.25, 0.3) is 0 Å². The largest absolute Gasteiger partial charge is 0.356 e. The average molecular weight is 382 g/mol. The number of piperidine rings is 1. The number of nitrogens with zero attached hydrogens (tertiary/aromatic N) is 2. The van der Waals surface area contributed by atoms with Crippen LogP contribution in [0.4, 0.5) is 0 Å². The van der Waals surface area contributed by atoms with Crippen LogP contribution < -0.4 is 15.8 Å². The van der Waals surface area contributed by atoms with E-state index < -0.39 is 10.0 Å². The smallest absolute Gasteiger partial charge is 0.238 e. The highest BCUT2D eigenvalue weighted by atomic mass is 32.2. The van der Waals surface area contributed by atoms with Crippen molar-refractivity contribution in [2.45, 2.75) is 37.6 Å². The molecule has 0 amide bonds. The molecule has 26 heavy (non-hydrogen) atoms. The van der Waals surface area contributed by atoms with Crippen molar-refractivity contribution in [3.63, 3.8) is 0 Å². The monoisotopic (exact) mass is 381 g/mol. The van der Waals surface area contributed by atoms with E-state index in [-0.39, 0.29) is 4.90 Å². The molecule has 1 aliphatic heterocycles. The second-order valence-electron chi connectivity index (χ2n) is 6.92. The lowest BCUT2D eigenvalue weighted by atomic mass is 9.99. The van der Waals surface area contributed by atoms with Gasteiger partial charge in [0.2, 0.25) is 10.0 Å². The number of guanidine groups is 1. The molecule has 4 N–H and O–H groups in total. The molecule has 0 unspecified atom stereocenters. The van der Waals surface area contributed by atoms with E-state index in [1.165, 1.54) is 38.1 Å². The summed E-state index contributed by atoms with van der Waals surface area (Å²) < 4.78 is 22.5. The van der Waals surface area contributed by atoms with E-state index in [1.54, 1.807) is 19.2 Å². The number of hydrogen-bond donors (Lipinski definition) is 3. The molecule has 0 saturated carbocycles. The zero-order chi connectivity index (χ0) is 19.0. The van der Waals surface area contributed by atoms with Gasteiger partial charge in [-0.2, -0.15) is 0 Å². The minimum Gasteiger partial charge on any atom is -0.356 e. The normalized spacial score (nSPS) is 17.3. The van der Waals surface area contributed by atoms with Crippen LogP contribution in [0.1, 0.15) is 31.7 Å². The molecule has 7 nitrogen and oxygen atoms in total. The van der Waals surface area contributed by atoms with Crippen LogP contribution >= 0.6 is 0 Å². The highest BCUT2D eigenvalue weighted by Crippen LogP contribution is 2.15. The summed E-state index contributed by atoms with van der Waals surface area (Å²) in [5.41, 5.74) is 0.961. The van der Waals surface area contributed by atoms with Gasteiger partial charge in [-0.05, 0) is 62.5 Å².